The zero-order chi connectivity index (χ0) is 20.0. The lowest BCUT2D eigenvalue weighted by Gasteiger charge is -2.31. The summed E-state index contributed by atoms with van der Waals surface area (Å²) in [6.45, 7) is 4.04. The van der Waals surface area contributed by atoms with Crippen LogP contribution in [-0.4, -0.2) is 56.4 Å². The van der Waals surface area contributed by atoms with Crippen molar-refractivity contribution in [3.63, 3.8) is 0 Å². The summed E-state index contributed by atoms with van der Waals surface area (Å²) in [5.41, 5.74) is 3.16. The van der Waals surface area contributed by atoms with E-state index in [0.29, 0.717) is 16.7 Å². The molecule has 5 rings (SSSR count). The summed E-state index contributed by atoms with van der Waals surface area (Å²) in [7, 11) is 2.11. The molecule has 11 heteroatoms. The van der Waals surface area contributed by atoms with E-state index in [0.717, 1.165) is 57.5 Å². The maximum Gasteiger partial charge on any atom is 0.188 e. The molecule has 0 unspecified atom stereocenters. The number of hydrogen-bond donors (Lipinski definition) is 3. The van der Waals surface area contributed by atoms with Crippen molar-refractivity contribution in [1.82, 2.24) is 30.5 Å². The van der Waals surface area contributed by atoms with Gasteiger partial charge in [0.05, 0.1) is 6.20 Å². The number of H-pyrrole nitrogens is 1. The highest BCUT2D eigenvalue weighted by molar-refractivity contribution is 7.29. The molecule has 158 valence electrons. The van der Waals surface area contributed by atoms with Gasteiger partial charge in [-0.15, -0.1) is 12.4 Å². The summed E-state index contributed by atoms with van der Waals surface area (Å²) in [5, 5.41) is 22.6. The largest absolute Gasteiger partial charge is 0.506 e. The first-order valence-corrected chi connectivity index (χ1v) is 11.1. The SMILES string of the molecule is Cc1[nH]ncc1-c1cnc(-c2nc3sc(N(C)C4CCNCC4)nc3s2)c(O)c1.Cl. The first kappa shape index (κ1) is 21.0. The van der Waals surface area contributed by atoms with E-state index in [1.807, 2.05) is 6.92 Å². The highest BCUT2D eigenvalue weighted by Gasteiger charge is 2.23. The van der Waals surface area contributed by atoms with Crippen LogP contribution in [0.3, 0.4) is 0 Å². The number of fused-ring (bicyclic) bond motifs is 1. The van der Waals surface area contributed by atoms with Gasteiger partial charge in [0, 0.05) is 36.1 Å². The van der Waals surface area contributed by atoms with Gasteiger partial charge in [0.15, 0.2) is 14.8 Å². The molecule has 0 aliphatic carbocycles. The van der Waals surface area contributed by atoms with Crippen molar-refractivity contribution in [3.05, 3.63) is 24.2 Å². The van der Waals surface area contributed by atoms with Gasteiger partial charge in [-0.2, -0.15) is 5.10 Å². The van der Waals surface area contributed by atoms with Crippen molar-refractivity contribution in [3.8, 4) is 27.6 Å². The number of piperidine rings is 1. The molecule has 1 saturated heterocycles. The Hall–Kier alpha value is -2.27. The molecule has 4 aromatic heterocycles. The lowest BCUT2D eigenvalue weighted by molar-refractivity contribution is 0.443. The number of aromatic nitrogens is 5. The Balaban J connectivity index is 0.00000218. The molecular weight excluding hydrogens is 442 g/mol. The molecule has 0 radical (unpaired) electrons. The normalized spacial score (nSPS) is 14.7. The van der Waals surface area contributed by atoms with Crippen molar-refractivity contribution < 1.29 is 5.11 Å². The fourth-order valence-electron chi connectivity index (χ4n) is 3.64. The van der Waals surface area contributed by atoms with Gasteiger partial charge >= 0.3 is 0 Å². The minimum atomic E-state index is 0. The molecule has 1 fully saturated rings. The third-order valence-corrected chi connectivity index (χ3v) is 7.46. The number of pyridine rings is 1. The summed E-state index contributed by atoms with van der Waals surface area (Å²) in [5.74, 6) is 0.108. The quantitative estimate of drug-likeness (QED) is 0.422. The zero-order valence-electron chi connectivity index (χ0n) is 16.5. The first-order valence-electron chi connectivity index (χ1n) is 9.51. The predicted octanol–water partition coefficient (Wildman–Crippen LogP) is 3.83. The number of halogens is 1. The average molecular weight is 464 g/mol. The fourth-order valence-corrected chi connectivity index (χ4v) is 5.72. The second kappa shape index (κ2) is 8.46. The first-order chi connectivity index (χ1) is 14.1. The summed E-state index contributed by atoms with van der Waals surface area (Å²) < 4.78 is 0. The molecule has 4 aromatic rings. The van der Waals surface area contributed by atoms with Crippen molar-refractivity contribution in [2.45, 2.75) is 25.8 Å². The van der Waals surface area contributed by atoms with Gasteiger partial charge in [0.25, 0.3) is 0 Å². The Morgan fingerprint density at radius 3 is 2.57 bits per heavy atom. The molecule has 1 aliphatic heterocycles. The van der Waals surface area contributed by atoms with E-state index >= 15 is 0 Å². The van der Waals surface area contributed by atoms with Crippen molar-refractivity contribution >= 4 is 49.9 Å². The molecule has 8 nitrogen and oxygen atoms in total. The zero-order valence-corrected chi connectivity index (χ0v) is 19.0. The Morgan fingerprint density at radius 1 is 1.13 bits per heavy atom. The standard InChI is InChI=1S/C19H21N7OS2.ClH/c1-10-13(9-22-25-10)11-7-14(27)15(21-8-11)16-23-17-18(28-16)24-19(29-17)26(2)12-3-5-20-6-4-12;/h7-9,12,20,27H,3-6H2,1-2H3,(H,22,25);1H. The second-order valence-corrected chi connectivity index (χ2v) is 9.15. The highest BCUT2D eigenvalue weighted by atomic mass is 35.5. The van der Waals surface area contributed by atoms with Gasteiger partial charge < -0.3 is 15.3 Å². The molecule has 3 N–H and O–H groups in total. The van der Waals surface area contributed by atoms with Crippen LogP contribution >= 0.6 is 35.1 Å². The van der Waals surface area contributed by atoms with E-state index in [-0.39, 0.29) is 18.2 Å². The van der Waals surface area contributed by atoms with Gasteiger partial charge in [-0.3, -0.25) is 5.10 Å². The Bertz CT molecular complexity index is 1130. The van der Waals surface area contributed by atoms with Crippen LogP contribution in [-0.2, 0) is 0 Å². The number of aromatic amines is 1. The topological polar surface area (TPSA) is 103 Å². The summed E-state index contributed by atoms with van der Waals surface area (Å²) >= 11 is 3.06. The summed E-state index contributed by atoms with van der Waals surface area (Å²) in [6.07, 6.45) is 5.73. The van der Waals surface area contributed by atoms with E-state index < -0.39 is 0 Å². The number of anilines is 1. The van der Waals surface area contributed by atoms with Gasteiger partial charge in [0.1, 0.15) is 16.5 Å². The minimum absolute atomic E-state index is 0. The lowest BCUT2D eigenvalue weighted by Crippen LogP contribution is -2.41. The Labute approximate surface area is 187 Å². The Kier molecular flexibility index (Phi) is 5.92. The van der Waals surface area contributed by atoms with E-state index in [1.165, 1.54) is 11.3 Å². The van der Waals surface area contributed by atoms with Gasteiger partial charge in [0.2, 0.25) is 0 Å². The van der Waals surface area contributed by atoms with Crippen molar-refractivity contribution in [2.24, 2.45) is 0 Å². The van der Waals surface area contributed by atoms with Crippen LogP contribution in [0.15, 0.2) is 18.5 Å². The monoisotopic (exact) mass is 463 g/mol. The van der Waals surface area contributed by atoms with Crippen LogP contribution < -0.4 is 10.2 Å². The van der Waals surface area contributed by atoms with Crippen molar-refractivity contribution in [2.75, 3.05) is 25.0 Å². The number of aryl methyl sites for hydroxylation is 1. The number of aromatic hydroxyl groups is 1. The molecule has 5 heterocycles. The third-order valence-electron chi connectivity index (χ3n) is 5.33. The maximum absolute atomic E-state index is 10.6. The lowest BCUT2D eigenvalue weighted by atomic mass is 10.1. The van der Waals surface area contributed by atoms with Crippen LogP contribution in [0.1, 0.15) is 18.5 Å². The van der Waals surface area contributed by atoms with Crippen molar-refractivity contribution in [1.29, 1.82) is 0 Å². The minimum Gasteiger partial charge on any atom is -0.506 e. The Morgan fingerprint density at radius 2 is 1.90 bits per heavy atom. The van der Waals surface area contributed by atoms with Crippen LogP contribution in [0.25, 0.3) is 31.5 Å². The summed E-state index contributed by atoms with van der Waals surface area (Å²) in [6, 6.07) is 2.22. The van der Waals surface area contributed by atoms with Gasteiger partial charge in [-0.1, -0.05) is 22.7 Å². The third kappa shape index (κ3) is 3.76. The van der Waals surface area contributed by atoms with E-state index in [2.05, 4.69) is 32.4 Å². The van der Waals surface area contributed by atoms with Gasteiger partial charge in [-0.05, 0) is 38.9 Å². The van der Waals surface area contributed by atoms with Crippen LogP contribution in [0.2, 0.25) is 0 Å². The molecule has 0 spiro atoms. The molecule has 30 heavy (non-hydrogen) atoms. The molecule has 0 amide bonds. The molecular formula is C19H22ClN7OS2. The highest BCUT2D eigenvalue weighted by Crippen LogP contribution is 2.39. The van der Waals surface area contributed by atoms with Crippen LogP contribution in [0.5, 0.6) is 5.75 Å². The number of nitrogens with one attached hydrogen (secondary N) is 2. The molecule has 0 saturated carbocycles. The number of thiazole rings is 2. The average Bonchev–Trinajstić information content (AvgIpc) is 3.42. The summed E-state index contributed by atoms with van der Waals surface area (Å²) in [4.78, 5) is 18.0. The van der Waals surface area contributed by atoms with E-state index in [4.69, 9.17) is 9.97 Å². The number of nitrogens with zero attached hydrogens (tertiary/aromatic N) is 5. The fraction of sp³-hybridized carbons (Fsp3) is 0.368. The second-order valence-electron chi connectivity index (χ2n) is 7.22. The predicted molar refractivity (Wildman–Crippen MR) is 124 cm³/mol. The van der Waals surface area contributed by atoms with E-state index in [1.54, 1.807) is 29.8 Å². The maximum atomic E-state index is 10.6. The molecule has 0 aromatic carbocycles. The van der Waals surface area contributed by atoms with Crippen LogP contribution in [0.4, 0.5) is 5.13 Å². The molecule has 1 aliphatic rings. The number of hydrogen-bond acceptors (Lipinski definition) is 9. The van der Waals surface area contributed by atoms with Crippen LogP contribution in [0, 0.1) is 6.92 Å². The smallest absolute Gasteiger partial charge is 0.188 e. The van der Waals surface area contributed by atoms with Gasteiger partial charge in [-0.25, -0.2) is 15.0 Å². The number of rotatable bonds is 4. The molecule has 0 atom stereocenters. The molecule has 0 bridgehead atoms. The van der Waals surface area contributed by atoms with E-state index in [9.17, 15) is 5.11 Å².